The fraction of sp³-hybridized carbons (Fsp3) is 0.133. The third-order valence-electron chi connectivity index (χ3n) is 3.05. The van der Waals surface area contributed by atoms with Crippen molar-refractivity contribution >= 4 is 29.0 Å². The van der Waals surface area contributed by atoms with Crippen LogP contribution in [0.1, 0.15) is 11.1 Å². The molecule has 3 nitrogen and oxygen atoms in total. The summed E-state index contributed by atoms with van der Waals surface area (Å²) in [5.74, 6) is -0.537. The highest BCUT2D eigenvalue weighted by molar-refractivity contribution is 6.30. The Morgan fingerprint density at radius 1 is 1.09 bits per heavy atom. The highest BCUT2D eigenvalue weighted by Gasteiger charge is 2.34. The Kier molecular flexibility index (Phi) is 4.79. The van der Waals surface area contributed by atoms with Gasteiger partial charge in [0.1, 0.15) is 5.82 Å². The molecule has 2 aromatic carbocycles. The van der Waals surface area contributed by atoms with Crippen LogP contribution in [0.25, 0.3) is 0 Å². The molecule has 23 heavy (non-hydrogen) atoms. The van der Waals surface area contributed by atoms with E-state index in [1.165, 1.54) is 31.2 Å². The first-order valence-corrected chi connectivity index (χ1v) is 6.76. The van der Waals surface area contributed by atoms with Crippen LogP contribution in [0.5, 0.6) is 0 Å². The van der Waals surface area contributed by atoms with E-state index < -0.39 is 29.3 Å². The number of carbonyl (C=O) groups is 1. The van der Waals surface area contributed by atoms with Gasteiger partial charge in [-0.1, -0.05) is 17.7 Å². The predicted octanol–water partition coefficient (Wildman–Crippen LogP) is 5.45. The Morgan fingerprint density at radius 2 is 1.74 bits per heavy atom. The molecule has 0 radical (unpaired) electrons. The summed E-state index contributed by atoms with van der Waals surface area (Å²) in [6.07, 6.45) is -4.68. The topological polar surface area (TPSA) is 41.1 Å². The first-order valence-electron chi connectivity index (χ1n) is 6.38. The number of urea groups is 1. The van der Waals surface area contributed by atoms with Crippen LogP contribution in [-0.2, 0) is 6.18 Å². The van der Waals surface area contributed by atoms with Crippen LogP contribution in [0.3, 0.4) is 0 Å². The molecular weight excluding hydrogens is 336 g/mol. The van der Waals surface area contributed by atoms with Gasteiger partial charge in [-0.2, -0.15) is 13.2 Å². The molecule has 122 valence electrons. The van der Waals surface area contributed by atoms with Crippen LogP contribution < -0.4 is 10.6 Å². The van der Waals surface area contributed by atoms with Crippen molar-refractivity contribution in [2.75, 3.05) is 10.6 Å². The molecule has 2 amide bonds. The molecule has 2 aromatic rings. The summed E-state index contributed by atoms with van der Waals surface area (Å²) < 4.78 is 52.2. The van der Waals surface area contributed by atoms with Gasteiger partial charge < -0.3 is 10.6 Å². The van der Waals surface area contributed by atoms with Gasteiger partial charge in [-0.05, 0) is 37.3 Å². The molecule has 2 rings (SSSR count). The molecule has 0 aromatic heterocycles. The number of carbonyl (C=O) groups excluding carboxylic acids is 1. The third-order valence-corrected chi connectivity index (χ3v) is 3.29. The lowest BCUT2D eigenvalue weighted by atomic mass is 10.1. The molecule has 0 aliphatic heterocycles. The van der Waals surface area contributed by atoms with Crippen molar-refractivity contribution < 1.29 is 22.4 Å². The minimum Gasteiger partial charge on any atom is -0.307 e. The van der Waals surface area contributed by atoms with E-state index in [9.17, 15) is 22.4 Å². The Hall–Kier alpha value is -2.28. The van der Waals surface area contributed by atoms with E-state index in [-0.39, 0.29) is 16.3 Å². The van der Waals surface area contributed by atoms with Gasteiger partial charge in [0.25, 0.3) is 0 Å². The lowest BCUT2D eigenvalue weighted by molar-refractivity contribution is -0.136. The average Bonchev–Trinajstić information content (AvgIpc) is 2.45. The molecule has 0 saturated carbocycles. The van der Waals surface area contributed by atoms with E-state index in [1.807, 2.05) is 0 Å². The van der Waals surface area contributed by atoms with Gasteiger partial charge >= 0.3 is 12.2 Å². The van der Waals surface area contributed by atoms with Crippen molar-refractivity contribution in [2.45, 2.75) is 13.1 Å². The maximum absolute atomic E-state index is 13.4. The molecule has 0 saturated heterocycles. The minimum absolute atomic E-state index is 0.107. The van der Waals surface area contributed by atoms with Gasteiger partial charge in [0.05, 0.1) is 11.3 Å². The molecular formula is C15H11ClF4N2O. The van der Waals surface area contributed by atoms with E-state index in [0.29, 0.717) is 6.07 Å². The molecule has 0 atom stereocenters. The predicted molar refractivity (Wildman–Crippen MR) is 80.2 cm³/mol. The van der Waals surface area contributed by atoms with Crippen molar-refractivity contribution in [3.8, 4) is 0 Å². The summed E-state index contributed by atoms with van der Waals surface area (Å²) >= 11 is 5.56. The van der Waals surface area contributed by atoms with Crippen molar-refractivity contribution in [1.82, 2.24) is 0 Å². The summed E-state index contributed by atoms with van der Waals surface area (Å²) in [5, 5.41) is 4.28. The summed E-state index contributed by atoms with van der Waals surface area (Å²) in [7, 11) is 0. The first-order chi connectivity index (χ1) is 10.7. The van der Waals surface area contributed by atoms with Gasteiger partial charge in [0, 0.05) is 16.3 Å². The number of rotatable bonds is 2. The molecule has 0 aliphatic rings. The van der Waals surface area contributed by atoms with E-state index in [4.69, 9.17) is 11.6 Å². The van der Waals surface area contributed by atoms with E-state index >= 15 is 0 Å². The summed E-state index contributed by atoms with van der Waals surface area (Å²) in [6.45, 7) is 1.44. The molecule has 0 bridgehead atoms. The number of halogens is 5. The van der Waals surface area contributed by atoms with Crippen LogP contribution in [0.2, 0.25) is 5.02 Å². The minimum atomic E-state index is -4.68. The normalized spacial score (nSPS) is 11.2. The molecule has 2 N–H and O–H groups in total. The van der Waals surface area contributed by atoms with Gasteiger partial charge in [0.2, 0.25) is 0 Å². The van der Waals surface area contributed by atoms with Crippen LogP contribution in [0.4, 0.5) is 33.7 Å². The lowest BCUT2D eigenvalue weighted by Crippen LogP contribution is -2.22. The Balaban J connectivity index is 2.23. The van der Waals surface area contributed by atoms with Crippen molar-refractivity contribution in [1.29, 1.82) is 0 Å². The fourth-order valence-electron chi connectivity index (χ4n) is 1.88. The number of alkyl halides is 3. The highest BCUT2D eigenvalue weighted by atomic mass is 35.5. The molecule has 0 spiro atoms. The monoisotopic (exact) mass is 346 g/mol. The number of benzene rings is 2. The molecule has 0 aliphatic carbocycles. The Bertz CT molecular complexity index is 747. The molecule has 0 fully saturated rings. The van der Waals surface area contributed by atoms with Crippen LogP contribution >= 0.6 is 11.6 Å². The quantitative estimate of drug-likeness (QED) is 0.697. The number of hydrogen-bond acceptors (Lipinski definition) is 1. The zero-order valence-electron chi connectivity index (χ0n) is 11.8. The largest absolute Gasteiger partial charge is 0.418 e. The number of nitrogens with one attached hydrogen (secondary N) is 2. The number of hydrogen-bond donors (Lipinski definition) is 2. The van der Waals surface area contributed by atoms with E-state index in [0.717, 1.165) is 6.07 Å². The second-order valence-corrected chi connectivity index (χ2v) is 5.12. The maximum Gasteiger partial charge on any atom is 0.418 e. The Morgan fingerprint density at radius 3 is 2.39 bits per heavy atom. The smallest absolute Gasteiger partial charge is 0.307 e. The van der Waals surface area contributed by atoms with Crippen molar-refractivity contribution in [2.24, 2.45) is 0 Å². The number of anilines is 2. The first kappa shape index (κ1) is 17.1. The summed E-state index contributed by atoms with van der Waals surface area (Å²) in [4.78, 5) is 11.9. The van der Waals surface area contributed by atoms with E-state index in [1.54, 1.807) is 0 Å². The summed E-state index contributed by atoms with van der Waals surface area (Å²) in [5.41, 5.74) is -1.19. The fourth-order valence-corrected chi connectivity index (χ4v) is 2.05. The third kappa shape index (κ3) is 4.13. The van der Waals surface area contributed by atoms with Gasteiger partial charge in [-0.15, -0.1) is 0 Å². The van der Waals surface area contributed by atoms with Gasteiger partial charge in [0.15, 0.2) is 0 Å². The Labute approximate surface area is 134 Å². The average molecular weight is 347 g/mol. The van der Waals surface area contributed by atoms with Crippen molar-refractivity contribution in [3.63, 3.8) is 0 Å². The highest BCUT2D eigenvalue weighted by Crippen LogP contribution is 2.36. The van der Waals surface area contributed by atoms with Crippen molar-refractivity contribution in [3.05, 3.63) is 58.4 Å². The zero-order chi connectivity index (χ0) is 17.2. The standard InChI is InChI=1S/C15H11ClF4N2O/c1-8-11(17)3-2-4-12(8)21-14(23)22-13-6-5-9(16)7-10(13)15(18,19)20/h2-7H,1H3,(H2,21,22,23). The summed E-state index contributed by atoms with van der Waals surface area (Å²) in [6, 6.07) is 6.07. The molecule has 0 unspecified atom stereocenters. The van der Waals surface area contributed by atoms with Crippen LogP contribution in [-0.4, -0.2) is 6.03 Å². The van der Waals surface area contributed by atoms with Gasteiger partial charge in [-0.25, -0.2) is 9.18 Å². The van der Waals surface area contributed by atoms with Gasteiger partial charge in [-0.3, -0.25) is 0 Å². The van der Waals surface area contributed by atoms with Crippen LogP contribution in [0, 0.1) is 12.7 Å². The maximum atomic E-state index is 13.4. The lowest BCUT2D eigenvalue weighted by Gasteiger charge is -2.15. The second-order valence-electron chi connectivity index (χ2n) is 4.68. The number of amides is 2. The molecule has 0 heterocycles. The zero-order valence-corrected chi connectivity index (χ0v) is 12.5. The second kappa shape index (κ2) is 6.45. The van der Waals surface area contributed by atoms with Crippen LogP contribution in [0.15, 0.2) is 36.4 Å². The molecule has 8 heteroatoms. The SMILES string of the molecule is Cc1c(F)cccc1NC(=O)Nc1ccc(Cl)cc1C(F)(F)F. The van der Waals surface area contributed by atoms with E-state index in [2.05, 4.69) is 10.6 Å².